The normalized spacial score (nSPS) is 12.6. The predicted octanol–water partition coefficient (Wildman–Crippen LogP) is 2.65. The van der Waals surface area contributed by atoms with E-state index in [0.717, 1.165) is 18.7 Å². The van der Waals surface area contributed by atoms with Crippen molar-refractivity contribution in [3.63, 3.8) is 0 Å². The third kappa shape index (κ3) is 2.56. The molecular formula is C14H19N3. The number of hydrogen-bond donors (Lipinski definition) is 1. The van der Waals surface area contributed by atoms with Crippen molar-refractivity contribution in [2.24, 2.45) is 5.73 Å². The number of aromatic nitrogens is 2. The molecule has 3 heteroatoms. The fraction of sp³-hybridized carbons (Fsp3) is 0.357. The summed E-state index contributed by atoms with van der Waals surface area (Å²) >= 11 is 0. The summed E-state index contributed by atoms with van der Waals surface area (Å²) in [7, 11) is 0. The molecule has 0 amide bonds. The van der Waals surface area contributed by atoms with Gasteiger partial charge in [0.15, 0.2) is 0 Å². The van der Waals surface area contributed by atoms with Gasteiger partial charge in [-0.05, 0) is 24.5 Å². The summed E-state index contributed by atoms with van der Waals surface area (Å²) in [5, 5.41) is 0. The van der Waals surface area contributed by atoms with Gasteiger partial charge < -0.3 is 10.3 Å². The second-order valence-electron chi connectivity index (χ2n) is 4.39. The Balaban J connectivity index is 2.25. The van der Waals surface area contributed by atoms with E-state index in [4.69, 9.17) is 5.73 Å². The first-order valence-corrected chi connectivity index (χ1v) is 6.02. The SMILES string of the molecule is CC[C@@H](N)c1cncn1Cc1ccccc1C. The van der Waals surface area contributed by atoms with Crippen LogP contribution in [0.4, 0.5) is 0 Å². The van der Waals surface area contributed by atoms with Crippen LogP contribution < -0.4 is 5.73 Å². The Hall–Kier alpha value is -1.61. The number of imidazole rings is 1. The van der Waals surface area contributed by atoms with Gasteiger partial charge in [0.1, 0.15) is 0 Å². The maximum Gasteiger partial charge on any atom is 0.0951 e. The Morgan fingerprint density at radius 1 is 1.35 bits per heavy atom. The molecule has 3 nitrogen and oxygen atoms in total. The zero-order valence-corrected chi connectivity index (χ0v) is 10.4. The fourth-order valence-corrected chi connectivity index (χ4v) is 1.95. The average Bonchev–Trinajstić information content (AvgIpc) is 2.79. The smallest absolute Gasteiger partial charge is 0.0951 e. The summed E-state index contributed by atoms with van der Waals surface area (Å²) in [6, 6.07) is 8.48. The fourth-order valence-electron chi connectivity index (χ4n) is 1.95. The van der Waals surface area contributed by atoms with E-state index in [1.54, 1.807) is 0 Å². The van der Waals surface area contributed by atoms with Crippen LogP contribution >= 0.6 is 0 Å². The Bertz CT molecular complexity index is 488. The van der Waals surface area contributed by atoms with Crippen LogP contribution in [0, 0.1) is 6.92 Å². The van der Waals surface area contributed by atoms with Crippen molar-refractivity contribution in [2.45, 2.75) is 32.9 Å². The molecule has 2 rings (SSSR count). The lowest BCUT2D eigenvalue weighted by Gasteiger charge is -2.14. The van der Waals surface area contributed by atoms with Crippen LogP contribution in [0.3, 0.4) is 0 Å². The van der Waals surface area contributed by atoms with Crippen LogP contribution in [0.1, 0.15) is 36.2 Å². The van der Waals surface area contributed by atoms with Crippen LogP contribution in [0.25, 0.3) is 0 Å². The highest BCUT2D eigenvalue weighted by molar-refractivity contribution is 5.26. The lowest BCUT2D eigenvalue weighted by atomic mass is 10.1. The maximum absolute atomic E-state index is 6.07. The highest BCUT2D eigenvalue weighted by Gasteiger charge is 2.10. The summed E-state index contributed by atoms with van der Waals surface area (Å²) in [6.45, 7) is 5.07. The quantitative estimate of drug-likeness (QED) is 0.876. The highest BCUT2D eigenvalue weighted by Crippen LogP contribution is 2.16. The van der Waals surface area contributed by atoms with Crippen LogP contribution in [0.5, 0.6) is 0 Å². The molecule has 2 N–H and O–H groups in total. The van der Waals surface area contributed by atoms with E-state index in [1.165, 1.54) is 11.1 Å². The van der Waals surface area contributed by atoms with Gasteiger partial charge in [-0.2, -0.15) is 0 Å². The maximum atomic E-state index is 6.07. The van der Waals surface area contributed by atoms with Crippen LogP contribution in [0.2, 0.25) is 0 Å². The summed E-state index contributed by atoms with van der Waals surface area (Å²) in [4.78, 5) is 4.20. The van der Waals surface area contributed by atoms with E-state index in [1.807, 2.05) is 12.5 Å². The Morgan fingerprint density at radius 3 is 2.82 bits per heavy atom. The number of nitrogens with two attached hydrogens (primary N) is 1. The van der Waals surface area contributed by atoms with Crippen molar-refractivity contribution < 1.29 is 0 Å². The Labute approximate surface area is 102 Å². The summed E-state index contributed by atoms with van der Waals surface area (Å²) < 4.78 is 2.14. The minimum Gasteiger partial charge on any atom is -0.329 e. The van der Waals surface area contributed by atoms with Crippen molar-refractivity contribution in [1.82, 2.24) is 9.55 Å². The third-order valence-corrected chi connectivity index (χ3v) is 3.17. The average molecular weight is 229 g/mol. The monoisotopic (exact) mass is 229 g/mol. The van der Waals surface area contributed by atoms with E-state index in [2.05, 4.69) is 47.7 Å². The zero-order valence-electron chi connectivity index (χ0n) is 10.4. The van der Waals surface area contributed by atoms with E-state index in [0.29, 0.717) is 0 Å². The van der Waals surface area contributed by atoms with E-state index in [-0.39, 0.29) is 6.04 Å². The molecule has 0 saturated heterocycles. The molecule has 0 radical (unpaired) electrons. The summed E-state index contributed by atoms with van der Waals surface area (Å²) in [5.74, 6) is 0. The van der Waals surface area contributed by atoms with Gasteiger partial charge in [0, 0.05) is 18.8 Å². The number of hydrogen-bond acceptors (Lipinski definition) is 2. The molecule has 1 atom stereocenters. The lowest BCUT2D eigenvalue weighted by molar-refractivity contribution is 0.618. The molecule has 2 aromatic rings. The standard InChI is InChI=1S/C14H19N3/c1-3-13(15)14-8-16-10-17(14)9-12-7-5-4-6-11(12)2/h4-8,10,13H,3,9,15H2,1-2H3/t13-/m1/s1. The first-order valence-electron chi connectivity index (χ1n) is 6.02. The predicted molar refractivity (Wildman–Crippen MR) is 69.7 cm³/mol. The van der Waals surface area contributed by atoms with Gasteiger partial charge in [-0.15, -0.1) is 0 Å². The first-order chi connectivity index (χ1) is 8.22. The van der Waals surface area contributed by atoms with Crippen LogP contribution in [-0.2, 0) is 6.54 Å². The van der Waals surface area contributed by atoms with Gasteiger partial charge in [0.2, 0.25) is 0 Å². The Morgan fingerprint density at radius 2 is 2.12 bits per heavy atom. The number of nitrogens with zero attached hydrogens (tertiary/aromatic N) is 2. The minimum absolute atomic E-state index is 0.0709. The first kappa shape index (κ1) is 11.9. The second-order valence-corrected chi connectivity index (χ2v) is 4.39. The van der Waals surface area contributed by atoms with Crippen LogP contribution in [0.15, 0.2) is 36.8 Å². The van der Waals surface area contributed by atoms with E-state index in [9.17, 15) is 0 Å². The van der Waals surface area contributed by atoms with Crippen LogP contribution in [-0.4, -0.2) is 9.55 Å². The molecular weight excluding hydrogens is 210 g/mol. The molecule has 0 unspecified atom stereocenters. The zero-order chi connectivity index (χ0) is 12.3. The molecule has 1 aromatic heterocycles. The van der Waals surface area contributed by atoms with Gasteiger partial charge in [-0.1, -0.05) is 31.2 Å². The van der Waals surface area contributed by atoms with Gasteiger partial charge in [-0.3, -0.25) is 0 Å². The molecule has 0 spiro atoms. The molecule has 0 bridgehead atoms. The van der Waals surface area contributed by atoms with Crippen molar-refractivity contribution >= 4 is 0 Å². The number of benzene rings is 1. The summed E-state index contributed by atoms with van der Waals surface area (Å²) in [5.41, 5.74) is 9.80. The molecule has 1 aromatic carbocycles. The lowest BCUT2D eigenvalue weighted by Crippen LogP contribution is -2.15. The summed E-state index contributed by atoms with van der Waals surface area (Å²) in [6.07, 6.45) is 4.66. The topological polar surface area (TPSA) is 43.8 Å². The van der Waals surface area contributed by atoms with E-state index >= 15 is 0 Å². The molecule has 0 aliphatic carbocycles. The van der Waals surface area contributed by atoms with E-state index < -0.39 is 0 Å². The molecule has 17 heavy (non-hydrogen) atoms. The van der Waals surface area contributed by atoms with Crippen molar-refractivity contribution in [1.29, 1.82) is 0 Å². The second kappa shape index (κ2) is 5.15. The highest BCUT2D eigenvalue weighted by atomic mass is 15.1. The largest absolute Gasteiger partial charge is 0.329 e. The van der Waals surface area contributed by atoms with Crippen molar-refractivity contribution in [3.05, 3.63) is 53.6 Å². The van der Waals surface area contributed by atoms with Gasteiger partial charge in [0.25, 0.3) is 0 Å². The minimum atomic E-state index is 0.0709. The molecule has 1 heterocycles. The van der Waals surface area contributed by atoms with Gasteiger partial charge in [-0.25, -0.2) is 4.98 Å². The molecule has 0 fully saturated rings. The molecule has 0 saturated carbocycles. The number of rotatable bonds is 4. The third-order valence-electron chi connectivity index (χ3n) is 3.17. The molecule has 90 valence electrons. The van der Waals surface area contributed by atoms with Gasteiger partial charge >= 0.3 is 0 Å². The molecule has 0 aliphatic heterocycles. The van der Waals surface area contributed by atoms with Crippen molar-refractivity contribution in [2.75, 3.05) is 0 Å². The van der Waals surface area contributed by atoms with Crippen molar-refractivity contribution in [3.8, 4) is 0 Å². The number of aryl methyl sites for hydroxylation is 1. The Kier molecular flexibility index (Phi) is 3.59. The van der Waals surface area contributed by atoms with Gasteiger partial charge in [0.05, 0.1) is 12.0 Å². The molecule has 0 aliphatic rings.